The van der Waals surface area contributed by atoms with E-state index in [9.17, 15) is 9.59 Å². The number of hydrogen-bond donors (Lipinski definition) is 0. The molecular weight excluding hydrogens is 316 g/mol. The molecule has 9 nitrogen and oxygen atoms in total. The van der Waals surface area contributed by atoms with Crippen LogP contribution in [0.1, 0.15) is 27.7 Å². The zero-order valence-corrected chi connectivity index (χ0v) is 14.6. The maximum atomic E-state index is 10.7. The largest absolute Gasteiger partial charge is 0.657 e. The monoisotopic (exact) mass is 336 g/mol. The highest BCUT2D eigenvalue weighted by atomic mass is 28.5. The van der Waals surface area contributed by atoms with E-state index in [4.69, 9.17) is 21.8 Å². The second-order valence-electron chi connectivity index (χ2n) is 3.29. The Morgan fingerprint density at radius 1 is 0.714 bits per heavy atom. The normalized spacial score (nSPS) is 11.6. The standard InChI is InChI=1S/C10H20N2O7Si2/c1-5-15-20(11-9-13,16-6-2)19-21(12-10-14,17-7-3)18-8-4/h5-8H2,1-4H3. The Bertz CT molecular complexity index is 349. The summed E-state index contributed by atoms with van der Waals surface area (Å²) in [4.78, 5) is 21.3. The molecule has 0 spiro atoms. The maximum absolute atomic E-state index is 10.7. The molecule has 0 saturated carbocycles. The third-order valence-electron chi connectivity index (χ3n) is 1.93. The van der Waals surface area contributed by atoms with Crippen LogP contribution in [0, 0.1) is 0 Å². The Morgan fingerprint density at radius 3 is 1.19 bits per heavy atom. The van der Waals surface area contributed by atoms with Gasteiger partial charge in [-0.05, 0) is 27.7 Å². The third kappa shape index (κ3) is 6.53. The van der Waals surface area contributed by atoms with Crippen molar-refractivity contribution in [2.24, 2.45) is 9.32 Å². The fraction of sp³-hybridized carbons (Fsp3) is 0.800. The molecule has 0 aliphatic carbocycles. The quantitative estimate of drug-likeness (QED) is 0.293. The summed E-state index contributed by atoms with van der Waals surface area (Å²) in [5.74, 6) is 0. The average Bonchev–Trinajstić information content (AvgIpc) is 2.40. The van der Waals surface area contributed by atoms with Crippen LogP contribution in [-0.2, 0) is 31.4 Å². The van der Waals surface area contributed by atoms with Crippen LogP contribution in [0.2, 0.25) is 0 Å². The van der Waals surface area contributed by atoms with E-state index in [0.717, 1.165) is 0 Å². The molecule has 0 N–H and O–H groups in total. The number of isocyanates is 2. The van der Waals surface area contributed by atoms with Gasteiger partial charge in [0.05, 0.1) is 0 Å². The van der Waals surface area contributed by atoms with Crippen molar-refractivity contribution in [1.82, 2.24) is 0 Å². The Balaban J connectivity index is 5.63. The van der Waals surface area contributed by atoms with Crippen LogP contribution in [0.25, 0.3) is 0 Å². The predicted octanol–water partition coefficient (Wildman–Crippen LogP) is 0.692. The summed E-state index contributed by atoms with van der Waals surface area (Å²) in [5, 5.41) is 0. The Labute approximate surface area is 125 Å². The van der Waals surface area contributed by atoms with Crippen molar-refractivity contribution in [3.63, 3.8) is 0 Å². The lowest BCUT2D eigenvalue weighted by molar-refractivity contribution is 0.0516. The SMILES string of the molecule is CCO[Si](N=C=O)(OCC)O[Si](N=C=O)(OCC)OCC. The number of carbonyl (C=O) groups excluding carboxylic acids is 2. The molecule has 0 saturated heterocycles. The van der Waals surface area contributed by atoms with Crippen molar-refractivity contribution in [3.8, 4) is 0 Å². The van der Waals surface area contributed by atoms with E-state index < -0.39 is 17.9 Å². The molecule has 120 valence electrons. The minimum absolute atomic E-state index is 0.172. The summed E-state index contributed by atoms with van der Waals surface area (Å²) in [6.45, 7) is 7.40. The lowest BCUT2D eigenvalue weighted by atomic mass is 10.9. The second kappa shape index (κ2) is 10.7. The van der Waals surface area contributed by atoms with Gasteiger partial charge in [-0.1, -0.05) is 0 Å². The van der Waals surface area contributed by atoms with Crippen LogP contribution >= 0.6 is 0 Å². The Hall–Kier alpha value is -1.01. The van der Waals surface area contributed by atoms with Crippen molar-refractivity contribution in [2.75, 3.05) is 26.4 Å². The van der Waals surface area contributed by atoms with Crippen LogP contribution in [0.3, 0.4) is 0 Å². The molecule has 0 aromatic carbocycles. The van der Waals surface area contributed by atoms with Gasteiger partial charge in [0.25, 0.3) is 0 Å². The van der Waals surface area contributed by atoms with Crippen molar-refractivity contribution in [1.29, 1.82) is 0 Å². The highest BCUT2D eigenvalue weighted by Crippen LogP contribution is 2.21. The minimum Gasteiger partial charge on any atom is -0.356 e. The van der Waals surface area contributed by atoms with E-state index in [1.807, 2.05) is 0 Å². The number of rotatable bonds is 12. The van der Waals surface area contributed by atoms with Crippen LogP contribution in [0.5, 0.6) is 0 Å². The van der Waals surface area contributed by atoms with Crippen LogP contribution in [0.15, 0.2) is 9.32 Å². The van der Waals surface area contributed by atoms with Gasteiger partial charge >= 0.3 is 17.9 Å². The van der Waals surface area contributed by atoms with Gasteiger partial charge in [-0.15, -0.1) is 0 Å². The number of nitrogens with zero attached hydrogens (tertiary/aromatic N) is 2. The summed E-state index contributed by atoms with van der Waals surface area (Å²) in [5.41, 5.74) is 0. The summed E-state index contributed by atoms with van der Waals surface area (Å²) < 4.78 is 34.1. The summed E-state index contributed by atoms with van der Waals surface area (Å²) in [7, 11) is -7.60. The first-order chi connectivity index (χ1) is 10.1. The molecule has 0 aromatic rings. The first kappa shape index (κ1) is 20.0. The highest BCUT2D eigenvalue weighted by molar-refractivity contribution is 6.73. The molecule has 0 heterocycles. The number of hydrogen-bond acceptors (Lipinski definition) is 9. The van der Waals surface area contributed by atoms with Crippen LogP contribution < -0.4 is 0 Å². The third-order valence-corrected chi connectivity index (χ3v) is 7.34. The van der Waals surface area contributed by atoms with E-state index in [1.54, 1.807) is 27.7 Å². The van der Waals surface area contributed by atoms with Gasteiger partial charge in [-0.2, -0.15) is 9.32 Å². The van der Waals surface area contributed by atoms with Gasteiger partial charge in [0.15, 0.2) is 0 Å². The predicted molar refractivity (Wildman–Crippen MR) is 75.3 cm³/mol. The van der Waals surface area contributed by atoms with Gasteiger partial charge < -0.3 is 21.8 Å². The smallest absolute Gasteiger partial charge is 0.356 e. The molecule has 0 radical (unpaired) electrons. The lowest BCUT2D eigenvalue weighted by Crippen LogP contribution is -2.57. The second-order valence-corrected chi connectivity index (χ2v) is 7.80. The fourth-order valence-electron chi connectivity index (χ4n) is 1.38. The summed E-state index contributed by atoms with van der Waals surface area (Å²) in [6, 6.07) is 0. The molecule has 21 heavy (non-hydrogen) atoms. The molecule has 0 amide bonds. The maximum Gasteiger partial charge on any atom is 0.657 e. The lowest BCUT2D eigenvalue weighted by Gasteiger charge is -2.30. The van der Waals surface area contributed by atoms with E-state index in [0.29, 0.717) is 0 Å². The van der Waals surface area contributed by atoms with E-state index in [2.05, 4.69) is 9.32 Å². The van der Waals surface area contributed by atoms with Crippen LogP contribution in [-0.4, -0.2) is 56.5 Å². The fourth-order valence-corrected chi connectivity index (χ4v) is 6.10. The topological polar surface area (TPSA) is 105 Å². The van der Waals surface area contributed by atoms with Gasteiger partial charge in [-0.3, -0.25) is 0 Å². The van der Waals surface area contributed by atoms with Crippen molar-refractivity contribution in [2.45, 2.75) is 27.7 Å². The van der Waals surface area contributed by atoms with Crippen molar-refractivity contribution in [3.05, 3.63) is 0 Å². The summed E-state index contributed by atoms with van der Waals surface area (Å²) >= 11 is 0. The highest BCUT2D eigenvalue weighted by Gasteiger charge is 2.57. The zero-order chi connectivity index (χ0) is 16.2. The molecule has 0 aromatic heterocycles. The van der Waals surface area contributed by atoms with E-state index in [-0.39, 0.29) is 26.4 Å². The molecule has 0 aliphatic rings. The molecule has 0 atom stereocenters. The van der Waals surface area contributed by atoms with Gasteiger partial charge in [0.2, 0.25) is 12.2 Å². The molecule has 0 unspecified atom stereocenters. The zero-order valence-electron chi connectivity index (χ0n) is 12.6. The minimum atomic E-state index is -3.80. The molecule has 11 heteroatoms. The first-order valence-electron chi connectivity index (χ1n) is 6.51. The van der Waals surface area contributed by atoms with E-state index in [1.165, 1.54) is 12.2 Å². The molecule has 0 fully saturated rings. The molecule has 0 rings (SSSR count). The van der Waals surface area contributed by atoms with Crippen LogP contribution in [0.4, 0.5) is 0 Å². The van der Waals surface area contributed by atoms with Crippen molar-refractivity contribution >= 4 is 30.1 Å². The Kier molecular flexibility index (Phi) is 10.2. The molecular formula is C10H20N2O7Si2. The van der Waals surface area contributed by atoms with Crippen molar-refractivity contribution < 1.29 is 31.4 Å². The van der Waals surface area contributed by atoms with Gasteiger partial charge in [-0.25, -0.2) is 9.59 Å². The average molecular weight is 336 g/mol. The first-order valence-corrected chi connectivity index (χ1v) is 9.85. The van der Waals surface area contributed by atoms with Gasteiger partial charge in [0, 0.05) is 26.4 Å². The molecule has 0 bridgehead atoms. The van der Waals surface area contributed by atoms with Gasteiger partial charge in [0.1, 0.15) is 0 Å². The summed E-state index contributed by atoms with van der Waals surface area (Å²) in [6.07, 6.45) is 2.72. The molecule has 0 aliphatic heterocycles. The van der Waals surface area contributed by atoms with E-state index >= 15 is 0 Å². The Morgan fingerprint density at radius 2 is 1.00 bits per heavy atom.